The maximum atomic E-state index is 13.3. The molecule has 0 spiro atoms. The molecule has 1 aromatic heterocycles. The molecule has 0 bridgehead atoms. The second-order valence-electron chi connectivity index (χ2n) is 8.08. The summed E-state index contributed by atoms with van der Waals surface area (Å²) in [6.07, 6.45) is 7.41. The van der Waals surface area contributed by atoms with Gasteiger partial charge in [-0.3, -0.25) is 9.89 Å². The first-order valence-electron chi connectivity index (χ1n) is 11.4. The van der Waals surface area contributed by atoms with Crippen molar-refractivity contribution in [1.29, 1.82) is 0 Å². The highest BCUT2D eigenvalue weighted by Gasteiger charge is 2.25. The molecule has 1 saturated carbocycles. The van der Waals surface area contributed by atoms with Crippen LogP contribution in [0.25, 0.3) is 0 Å². The molecule has 1 aliphatic rings. The van der Waals surface area contributed by atoms with Crippen LogP contribution in [0, 0.1) is 5.92 Å². The van der Waals surface area contributed by atoms with E-state index in [0.717, 1.165) is 30.1 Å². The molecular formula is C25H30N4O2S. The molecule has 2 aromatic carbocycles. The van der Waals surface area contributed by atoms with Crippen LogP contribution in [-0.2, 0) is 11.2 Å². The fourth-order valence-electron chi connectivity index (χ4n) is 4.14. The molecule has 1 aliphatic carbocycles. The lowest BCUT2D eigenvalue weighted by molar-refractivity contribution is -0.115. The third-order valence-corrected chi connectivity index (χ3v) is 6.90. The number of hydrogen-bond acceptors (Lipinski definition) is 5. The number of nitrogens with zero attached hydrogens (tertiary/aromatic N) is 2. The Balaban J connectivity index is 1.47. The van der Waals surface area contributed by atoms with Gasteiger partial charge in [0.05, 0.1) is 12.3 Å². The molecule has 168 valence electrons. The Kier molecular flexibility index (Phi) is 7.82. The van der Waals surface area contributed by atoms with Crippen molar-refractivity contribution in [3.05, 3.63) is 66.0 Å². The monoisotopic (exact) mass is 450 g/mol. The number of anilines is 1. The SMILES string of the molecule is CCOc1ccccc1NC(=O)C(Sc1n[nH]c(CCC2CCCC2)n1)c1ccccc1. The van der Waals surface area contributed by atoms with E-state index in [9.17, 15) is 4.79 Å². The van der Waals surface area contributed by atoms with Crippen molar-refractivity contribution in [2.45, 2.75) is 55.9 Å². The van der Waals surface area contributed by atoms with Gasteiger partial charge in [0.1, 0.15) is 16.8 Å². The van der Waals surface area contributed by atoms with Crippen LogP contribution in [0.15, 0.2) is 59.8 Å². The summed E-state index contributed by atoms with van der Waals surface area (Å²) in [4.78, 5) is 18.0. The molecule has 0 radical (unpaired) electrons. The van der Waals surface area contributed by atoms with Gasteiger partial charge in [0.25, 0.3) is 0 Å². The lowest BCUT2D eigenvalue weighted by atomic mass is 10.0. The summed E-state index contributed by atoms with van der Waals surface area (Å²) in [6, 6.07) is 17.2. The highest BCUT2D eigenvalue weighted by atomic mass is 32.2. The largest absolute Gasteiger partial charge is 0.492 e. The van der Waals surface area contributed by atoms with Gasteiger partial charge in [-0.1, -0.05) is 79.9 Å². The number of carbonyl (C=O) groups is 1. The molecule has 3 aromatic rings. The normalized spacial score (nSPS) is 14.9. The second-order valence-corrected chi connectivity index (χ2v) is 9.15. The van der Waals surface area contributed by atoms with E-state index in [-0.39, 0.29) is 5.91 Å². The summed E-state index contributed by atoms with van der Waals surface area (Å²) in [6.45, 7) is 2.46. The number of aryl methyl sites for hydroxylation is 1. The maximum absolute atomic E-state index is 13.3. The third-order valence-electron chi connectivity index (χ3n) is 5.78. The van der Waals surface area contributed by atoms with Crippen LogP contribution in [0.1, 0.15) is 55.7 Å². The van der Waals surface area contributed by atoms with E-state index >= 15 is 0 Å². The zero-order valence-corrected chi connectivity index (χ0v) is 19.2. The van der Waals surface area contributed by atoms with Crippen LogP contribution in [0.2, 0.25) is 0 Å². The van der Waals surface area contributed by atoms with Crippen LogP contribution in [0.4, 0.5) is 5.69 Å². The van der Waals surface area contributed by atoms with Crippen molar-refractivity contribution < 1.29 is 9.53 Å². The van der Waals surface area contributed by atoms with Crippen LogP contribution >= 0.6 is 11.8 Å². The van der Waals surface area contributed by atoms with Crippen molar-refractivity contribution >= 4 is 23.4 Å². The van der Waals surface area contributed by atoms with Gasteiger partial charge in [0.15, 0.2) is 0 Å². The predicted molar refractivity (Wildman–Crippen MR) is 128 cm³/mol. The van der Waals surface area contributed by atoms with Crippen molar-refractivity contribution in [3.8, 4) is 5.75 Å². The van der Waals surface area contributed by atoms with E-state index in [1.54, 1.807) is 0 Å². The average Bonchev–Trinajstić information content (AvgIpc) is 3.50. The van der Waals surface area contributed by atoms with Crippen LogP contribution in [0.5, 0.6) is 5.75 Å². The van der Waals surface area contributed by atoms with Crippen LogP contribution in [0.3, 0.4) is 0 Å². The molecule has 1 atom stereocenters. The third kappa shape index (κ3) is 5.91. The van der Waals surface area contributed by atoms with E-state index in [1.165, 1.54) is 37.4 Å². The number of benzene rings is 2. The van der Waals surface area contributed by atoms with Gasteiger partial charge in [-0.2, -0.15) is 0 Å². The molecule has 6 nitrogen and oxygen atoms in total. The van der Waals surface area contributed by atoms with Crippen molar-refractivity contribution in [2.75, 3.05) is 11.9 Å². The van der Waals surface area contributed by atoms with E-state index in [4.69, 9.17) is 4.74 Å². The van der Waals surface area contributed by atoms with Gasteiger partial charge in [0, 0.05) is 6.42 Å². The standard InChI is InChI=1S/C25H30N4O2S/c1-2-31-21-15-9-8-14-20(21)26-24(30)23(19-12-4-3-5-13-19)32-25-27-22(28-29-25)17-16-18-10-6-7-11-18/h3-5,8-9,12-15,18,23H,2,6-7,10-11,16-17H2,1H3,(H,26,30)(H,27,28,29). The van der Waals surface area contributed by atoms with Crippen molar-refractivity contribution in [3.63, 3.8) is 0 Å². The van der Waals surface area contributed by atoms with Gasteiger partial charge < -0.3 is 10.1 Å². The number of aromatic nitrogens is 3. The second kappa shape index (κ2) is 11.2. The lowest BCUT2D eigenvalue weighted by Crippen LogP contribution is -2.19. The number of thioether (sulfide) groups is 1. The fourth-order valence-corrected chi connectivity index (χ4v) is 5.07. The number of nitrogens with one attached hydrogen (secondary N) is 2. The van der Waals surface area contributed by atoms with E-state index in [1.807, 2.05) is 61.5 Å². The van der Waals surface area contributed by atoms with Gasteiger partial charge in [-0.15, -0.1) is 5.10 Å². The molecule has 32 heavy (non-hydrogen) atoms. The Hall–Kier alpha value is -2.80. The highest BCUT2D eigenvalue weighted by Crippen LogP contribution is 2.36. The molecule has 1 fully saturated rings. The maximum Gasteiger partial charge on any atom is 0.242 e. The van der Waals surface area contributed by atoms with Gasteiger partial charge in [-0.25, -0.2) is 4.98 Å². The molecule has 1 heterocycles. The zero-order valence-electron chi connectivity index (χ0n) is 18.4. The van der Waals surface area contributed by atoms with E-state index in [0.29, 0.717) is 23.2 Å². The molecule has 0 aliphatic heterocycles. The number of carbonyl (C=O) groups excluding carboxylic acids is 1. The van der Waals surface area contributed by atoms with E-state index in [2.05, 4.69) is 20.5 Å². The van der Waals surface area contributed by atoms with Gasteiger partial charge >= 0.3 is 0 Å². The predicted octanol–water partition coefficient (Wildman–Crippen LogP) is 5.80. The highest BCUT2D eigenvalue weighted by molar-refractivity contribution is 8.00. The van der Waals surface area contributed by atoms with Gasteiger partial charge in [0.2, 0.25) is 11.1 Å². The van der Waals surface area contributed by atoms with Crippen LogP contribution < -0.4 is 10.1 Å². The minimum Gasteiger partial charge on any atom is -0.492 e. The smallest absolute Gasteiger partial charge is 0.242 e. The Morgan fingerprint density at radius 3 is 2.69 bits per heavy atom. The number of para-hydroxylation sites is 2. The summed E-state index contributed by atoms with van der Waals surface area (Å²) < 4.78 is 5.66. The summed E-state index contributed by atoms with van der Waals surface area (Å²) in [5.41, 5.74) is 1.56. The number of ether oxygens (including phenoxy) is 1. The summed E-state index contributed by atoms with van der Waals surface area (Å²) in [5.74, 6) is 2.23. The number of amides is 1. The molecule has 7 heteroatoms. The lowest BCUT2D eigenvalue weighted by Gasteiger charge is -2.17. The molecule has 1 amide bonds. The zero-order chi connectivity index (χ0) is 22.2. The first kappa shape index (κ1) is 22.4. The van der Waals surface area contributed by atoms with Crippen molar-refractivity contribution in [2.24, 2.45) is 5.92 Å². The molecule has 0 saturated heterocycles. The Labute approximate surface area is 193 Å². The summed E-state index contributed by atoms with van der Waals surface area (Å²) in [5, 5.41) is 10.6. The number of aromatic amines is 1. The average molecular weight is 451 g/mol. The number of H-pyrrole nitrogens is 1. The summed E-state index contributed by atoms with van der Waals surface area (Å²) >= 11 is 1.36. The Bertz CT molecular complexity index is 1000. The molecule has 1 unspecified atom stereocenters. The molecule has 4 rings (SSSR count). The van der Waals surface area contributed by atoms with E-state index < -0.39 is 5.25 Å². The Morgan fingerprint density at radius 2 is 1.91 bits per heavy atom. The molecule has 2 N–H and O–H groups in total. The van der Waals surface area contributed by atoms with Gasteiger partial charge in [-0.05, 0) is 37.0 Å². The quantitative estimate of drug-likeness (QED) is 0.382. The van der Waals surface area contributed by atoms with Crippen LogP contribution in [-0.4, -0.2) is 27.7 Å². The first-order valence-corrected chi connectivity index (χ1v) is 12.3. The van der Waals surface area contributed by atoms with Crippen molar-refractivity contribution in [1.82, 2.24) is 15.2 Å². The summed E-state index contributed by atoms with van der Waals surface area (Å²) in [7, 11) is 0. The number of hydrogen-bond donors (Lipinski definition) is 2. The Morgan fingerprint density at radius 1 is 1.16 bits per heavy atom. The first-order chi connectivity index (χ1) is 15.7. The minimum atomic E-state index is -0.482. The fraction of sp³-hybridized carbons (Fsp3) is 0.400. The molecular weight excluding hydrogens is 420 g/mol. The topological polar surface area (TPSA) is 79.9 Å². The number of rotatable bonds is 10. The minimum absolute atomic E-state index is 0.134.